The van der Waals surface area contributed by atoms with Crippen molar-refractivity contribution in [1.82, 2.24) is 34.1 Å². The third-order valence-electron chi connectivity index (χ3n) is 12.1. The normalized spacial score (nSPS) is 12.7. The summed E-state index contributed by atoms with van der Waals surface area (Å²) in [5, 5.41) is 4.57. The lowest BCUT2D eigenvalue weighted by atomic mass is 9.93. The Morgan fingerprint density at radius 1 is 0.387 bits per heavy atom. The zero-order chi connectivity index (χ0) is 41.0. The third kappa shape index (κ3) is 5.78. The van der Waals surface area contributed by atoms with E-state index in [9.17, 15) is 0 Å². The number of hydrogen-bond donors (Lipinski definition) is 0. The average Bonchev–Trinajstić information content (AvgIpc) is 3.87. The van der Waals surface area contributed by atoms with Gasteiger partial charge in [-0.2, -0.15) is 0 Å². The van der Waals surface area contributed by atoms with Gasteiger partial charge >= 0.3 is 0 Å². The van der Waals surface area contributed by atoms with Crippen LogP contribution in [-0.4, -0.2) is 34.1 Å². The van der Waals surface area contributed by atoms with Gasteiger partial charge in [0.05, 0.1) is 45.8 Å². The SMILES string of the molecule is C1=CCCC(c2cccc(-c3nc(-c4ccccc4)nc(-c4cccc(-c5ccccc5)c4-n4c5ccccc5c5ccncc54)n3)c2-n2c3ccccc3c3ccncc32)=C1. The largest absolute Gasteiger partial charge is 0.306 e. The average molecular weight is 796 g/mol. The highest BCUT2D eigenvalue weighted by Gasteiger charge is 2.26. The lowest BCUT2D eigenvalue weighted by molar-refractivity contribution is 1.04. The second-order valence-corrected chi connectivity index (χ2v) is 15.6. The van der Waals surface area contributed by atoms with Crippen LogP contribution < -0.4 is 0 Å². The fourth-order valence-electron chi connectivity index (χ4n) is 9.32. The van der Waals surface area contributed by atoms with E-state index in [0.717, 1.165) is 101 Å². The highest BCUT2D eigenvalue weighted by molar-refractivity contribution is 6.11. The molecule has 0 spiro atoms. The van der Waals surface area contributed by atoms with E-state index in [0.29, 0.717) is 17.5 Å². The Morgan fingerprint density at radius 3 is 1.45 bits per heavy atom. The maximum absolute atomic E-state index is 5.57. The van der Waals surface area contributed by atoms with Gasteiger partial charge in [0.15, 0.2) is 17.5 Å². The minimum Gasteiger partial charge on any atom is -0.306 e. The Morgan fingerprint density at radius 2 is 0.871 bits per heavy atom. The number of aromatic nitrogens is 7. The first kappa shape index (κ1) is 35.6. The highest BCUT2D eigenvalue weighted by atomic mass is 15.1. The van der Waals surface area contributed by atoms with Crippen LogP contribution in [0.5, 0.6) is 0 Å². The summed E-state index contributed by atoms with van der Waals surface area (Å²) in [4.78, 5) is 25.7. The van der Waals surface area contributed by atoms with Gasteiger partial charge in [-0.15, -0.1) is 0 Å². The molecule has 0 unspecified atom stereocenters. The van der Waals surface area contributed by atoms with Crippen molar-refractivity contribution in [3.05, 3.63) is 206 Å². The molecule has 0 bridgehead atoms. The van der Waals surface area contributed by atoms with Crippen LogP contribution in [0.15, 0.2) is 201 Å². The van der Waals surface area contributed by atoms with Crippen molar-refractivity contribution in [3.8, 4) is 56.7 Å². The number of fused-ring (bicyclic) bond motifs is 6. The van der Waals surface area contributed by atoms with Gasteiger partial charge in [-0.05, 0) is 60.4 Å². The van der Waals surface area contributed by atoms with Gasteiger partial charge in [-0.3, -0.25) is 9.97 Å². The van der Waals surface area contributed by atoms with Crippen molar-refractivity contribution >= 4 is 49.2 Å². The van der Waals surface area contributed by atoms with Crippen LogP contribution in [0, 0.1) is 0 Å². The Bertz CT molecular complexity index is 3470. The summed E-state index contributed by atoms with van der Waals surface area (Å²) in [5.74, 6) is 1.73. The molecule has 62 heavy (non-hydrogen) atoms. The van der Waals surface area contributed by atoms with E-state index in [1.54, 1.807) is 0 Å². The number of hydrogen-bond acceptors (Lipinski definition) is 5. The molecule has 7 heteroatoms. The summed E-state index contributed by atoms with van der Waals surface area (Å²) >= 11 is 0. The van der Waals surface area contributed by atoms with Crippen molar-refractivity contribution in [2.45, 2.75) is 12.8 Å². The number of pyridine rings is 2. The van der Waals surface area contributed by atoms with E-state index in [2.05, 4.69) is 177 Å². The van der Waals surface area contributed by atoms with Crippen molar-refractivity contribution in [1.29, 1.82) is 0 Å². The van der Waals surface area contributed by atoms with Crippen molar-refractivity contribution in [3.63, 3.8) is 0 Å². The van der Waals surface area contributed by atoms with Gasteiger partial charge in [0.25, 0.3) is 0 Å². The standard InChI is InChI=1S/C55H37N7/c1-4-16-36(17-5-1)39-24-14-26-45(51(39)61-47-28-12-10-22-41(47)43-30-32-56-34-49(43)61)54-58-53(38-20-8-3-9-21-38)59-55(60-54)46-27-15-25-40(37-18-6-2-7-19-37)52(46)62-48-29-13-11-23-42(48)44-31-33-57-35-50(44)62/h1-6,8-18,20-35H,7,19H2. The molecule has 0 atom stereocenters. The van der Waals surface area contributed by atoms with E-state index >= 15 is 0 Å². The maximum atomic E-state index is 5.57. The Balaban J connectivity index is 1.20. The smallest absolute Gasteiger partial charge is 0.166 e. The molecule has 5 aromatic heterocycles. The molecule has 5 heterocycles. The predicted molar refractivity (Wildman–Crippen MR) is 252 cm³/mol. The van der Waals surface area contributed by atoms with Crippen molar-refractivity contribution < 1.29 is 0 Å². The molecular weight excluding hydrogens is 759 g/mol. The van der Waals surface area contributed by atoms with Crippen LogP contribution in [0.1, 0.15) is 18.4 Å². The van der Waals surface area contributed by atoms with Gasteiger partial charge in [-0.25, -0.2) is 15.0 Å². The molecule has 0 amide bonds. The van der Waals surface area contributed by atoms with E-state index < -0.39 is 0 Å². The topological polar surface area (TPSA) is 74.3 Å². The second kappa shape index (κ2) is 14.8. The fourth-order valence-corrected chi connectivity index (χ4v) is 9.32. The van der Waals surface area contributed by atoms with Gasteiger partial charge in [0.2, 0.25) is 0 Å². The lowest BCUT2D eigenvalue weighted by Crippen LogP contribution is -2.08. The number of para-hydroxylation sites is 4. The highest BCUT2D eigenvalue weighted by Crippen LogP contribution is 2.43. The zero-order valence-electron chi connectivity index (χ0n) is 33.6. The summed E-state index contributed by atoms with van der Waals surface area (Å²) in [6.07, 6.45) is 16.2. The molecule has 0 N–H and O–H groups in total. The fraction of sp³-hybridized carbons (Fsp3) is 0.0364. The van der Waals surface area contributed by atoms with Crippen molar-refractivity contribution in [2.75, 3.05) is 0 Å². The molecule has 0 radical (unpaired) electrons. The van der Waals surface area contributed by atoms with Crippen molar-refractivity contribution in [2.24, 2.45) is 0 Å². The molecule has 7 nitrogen and oxygen atoms in total. The molecule has 1 aliphatic rings. The van der Waals surface area contributed by atoms with Crippen LogP contribution in [0.2, 0.25) is 0 Å². The molecule has 0 saturated heterocycles. The molecule has 292 valence electrons. The second-order valence-electron chi connectivity index (χ2n) is 15.6. The first-order valence-corrected chi connectivity index (χ1v) is 21.0. The van der Waals surface area contributed by atoms with Crippen LogP contribution in [0.25, 0.3) is 106 Å². The lowest BCUT2D eigenvalue weighted by Gasteiger charge is -2.21. The van der Waals surface area contributed by atoms with Gasteiger partial charge in [0.1, 0.15) is 0 Å². The summed E-state index contributed by atoms with van der Waals surface area (Å²) in [5.41, 5.74) is 13.4. The number of benzene rings is 6. The minimum absolute atomic E-state index is 0.566. The van der Waals surface area contributed by atoms with E-state index in [1.165, 1.54) is 5.57 Å². The molecule has 12 rings (SSSR count). The number of nitrogens with zero attached hydrogens (tertiary/aromatic N) is 7. The molecular formula is C55H37N7. The van der Waals surface area contributed by atoms with Crippen LogP contribution in [-0.2, 0) is 0 Å². The zero-order valence-corrected chi connectivity index (χ0v) is 33.6. The van der Waals surface area contributed by atoms with Crippen LogP contribution in [0.4, 0.5) is 0 Å². The summed E-state index contributed by atoms with van der Waals surface area (Å²) in [7, 11) is 0. The quantitative estimate of drug-likeness (QED) is 0.161. The number of rotatable bonds is 7. The third-order valence-corrected chi connectivity index (χ3v) is 12.1. The summed E-state index contributed by atoms with van der Waals surface area (Å²) < 4.78 is 4.70. The summed E-state index contributed by atoms with van der Waals surface area (Å²) in [6, 6.07) is 55.1. The van der Waals surface area contributed by atoms with E-state index in [1.807, 2.05) is 43.0 Å². The predicted octanol–water partition coefficient (Wildman–Crippen LogP) is 13.3. The molecule has 0 aliphatic heterocycles. The Kier molecular flexibility index (Phi) is 8.49. The Labute approximate surface area is 357 Å². The van der Waals surface area contributed by atoms with Crippen LogP contribution in [0.3, 0.4) is 0 Å². The van der Waals surface area contributed by atoms with Gasteiger partial charge in [0, 0.05) is 61.8 Å². The van der Waals surface area contributed by atoms with Crippen LogP contribution >= 0.6 is 0 Å². The molecule has 0 saturated carbocycles. The van der Waals surface area contributed by atoms with Gasteiger partial charge in [-0.1, -0.05) is 140 Å². The van der Waals surface area contributed by atoms with Gasteiger partial charge < -0.3 is 9.13 Å². The molecule has 0 fully saturated rings. The monoisotopic (exact) mass is 795 g/mol. The summed E-state index contributed by atoms with van der Waals surface area (Å²) in [6.45, 7) is 0. The van der Waals surface area contributed by atoms with E-state index in [4.69, 9.17) is 15.0 Å². The first-order chi connectivity index (χ1) is 30.8. The first-order valence-electron chi connectivity index (χ1n) is 21.0. The minimum atomic E-state index is 0.566. The van der Waals surface area contributed by atoms with E-state index in [-0.39, 0.29) is 0 Å². The molecule has 11 aromatic rings. The number of allylic oxidation sites excluding steroid dienone is 4. The molecule has 6 aromatic carbocycles. The Hall–Kier alpha value is -8.29. The molecule has 1 aliphatic carbocycles. The maximum Gasteiger partial charge on any atom is 0.166 e.